The number of carbonyl (C=O) groups is 2. The molecule has 0 unspecified atom stereocenters. The number of benzene rings is 1. The number of nitrogens with zero attached hydrogens (tertiary/aromatic N) is 2. The summed E-state index contributed by atoms with van der Waals surface area (Å²) in [5, 5.41) is 2.81. The summed E-state index contributed by atoms with van der Waals surface area (Å²) < 4.78 is 5.33. The first kappa shape index (κ1) is 17.4. The van der Waals surface area contributed by atoms with Crippen molar-refractivity contribution in [3.63, 3.8) is 0 Å². The Kier molecular flexibility index (Phi) is 4.84. The van der Waals surface area contributed by atoms with E-state index < -0.39 is 0 Å². The van der Waals surface area contributed by atoms with Crippen LogP contribution in [0.2, 0.25) is 0 Å². The van der Waals surface area contributed by atoms with E-state index in [1.54, 1.807) is 69.7 Å². The van der Waals surface area contributed by atoms with Gasteiger partial charge in [-0.2, -0.15) is 0 Å². The van der Waals surface area contributed by atoms with Crippen LogP contribution in [-0.4, -0.2) is 35.8 Å². The average Bonchev–Trinajstić information content (AvgIpc) is 3.15. The third-order valence-corrected chi connectivity index (χ3v) is 3.88. The van der Waals surface area contributed by atoms with E-state index in [1.807, 2.05) is 6.07 Å². The summed E-state index contributed by atoms with van der Waals surface area (Å²) >= 11 is 0. The fourth-order valence-electron chi connectivity index (χ4n) is 2.55. The van der Waals surface area contributed by atoms with Crippen LogP contribution in [0.1, 0.15) is 26.4 Å². The maximum absolute atomic E-state index is 12.6. The molecule has 6 nitrogen and oxygen atoms in total. The van der Waals surface area contributed by atoms with E-state index in [9.17, 15) is 9.59 Å². The van der Waals surface area contributed by atoms with E-state index >= 15 is 0 Å². The molecular weight excluding hydrogens is 330 g/mol. The maximum atomic E-state index is 12.6. The average molecular weight is 349 g/mol. The van der Waals surface area contributed by atoms with Gasteiger partial charge in [0, 0.05) is 25.3 Å². The fraction of sp³-hybridized carbons (Fsp3) is 0.150. The first-order valence-electron chi connectivity index (χ1n) is 8.10. The lowest BCUT2D eigenvalue weighted by molar-refractivity contribution is 0.0827. The maximum Gasteiger partial charge on any atom is 0.257 e. The Labute approximate surface area is 151 Å². The summed E-state index contributed by atoms with van der Waals surface area (Å²) in [7, 11) is 3.37. The van der Waals surface area contributed by atoms with Gasteiger partial charge in [-0.3, -0.25) is 9.59 Å². The number of anilines is 1. The van der Waals surface area contributed by atoms with E-state index in [0.29, 0.717) is 34.0 Å². The minimum Gasteiger partial charge on any atom is -0.463 e. The minimum absolute atomic E-state index is 0.123. The molecule has 1 aromatic carbocycles. The second-order valence-corrected chi connectivity index (χ2v) is 6.04. The van der Waals surface area contributed by atoms with Crippen LogP contribution in [0.25, 0.3) is 11.5 Å². The van der Waals surface area contributed by atoms with Crippen LogP contribution >= 0.6 is 0 Å². The first-order valence-corrected chi connectivity index (χ1v) is 8.10. The Bertz CT molecular complexity index is 947. The van der Waals surface area contributed by atoms with Crippen molar-refractivity contribution in [1.29, 1.82) is 0 Å². The van der Waals surface area contributed by atoms with Crippen LogP contribution in [0, 0.1) is 6.92 Å². The third kappa shape index (κ3) is 3.64. The van der Waals surface area contributed by atoms with E-state index in [4.69, 9.17) is 4.42 Å². The third-order valence-electron chi connectivity index (χ3n) is 3.88. The Morgan fingerprint density at radius 1 is 1.08 bits per heavy atom. The van der Waals surface area contributed by atoms with Crippen LogP contribution in [0.15, 0.2) is 59.2 Å². The molecule has 1 N–H and O–H groups in total. The lowest BCUT2D eigenvalue weighted by Gasteiger charge is -2.12. The number of furan rings is 1. The van der Waals surface area contributed by atoms with Crippen molar-refractivity contribution in [2.75, 3.05) is 19.4 Å². The number of amides is 2. The Hall–Kier alpha value is -3.41. The van der Waals surface area contributed by atoms with Crippen molar-refractivity contribution in [3.05, 3.63) is 71.6 Å². The van der Waals surface area contributed by atoms with Gasteiger partial charge in [0.2, 0.25) is 0 Å². The fourth-order valence-corrected chi connectivity index (χ4v) is 2.55. The van der Waals surface area contributed by atoms with Crippen molar-refractivity contribution >= 4 is 17.5 Å². The summed E-state index contributed by atoms with van der Waals surface area (Å²) in [4.78, 5) is 30.5. The molecule has 0 saturated carbocycles. The highest BCUT2D eigenvalue weighted by Gasteiger charge is 2.14. The predicted octanol–water partition coefficient (Wildman–Crippen LogP) is 3.60. The Morgan fingerprint density at radius 3 is 2.54 bits per heavy atom. The molecule has 3 rings (SSSR count). The van der Waals surface area contributed by atoms with Crippen molar-refractivity contribution in [2.24, 2.45) is 0 Å². The normalized spacial score (nSPS) is 10.4. The molecular formula is C20H19N3O3. The molecule has 2 heterocycles. The van der Waals surface area contributed by atoms with Gasteiger partial charge in [0.15, 0.2) is 5.76 Å². The van der Waals surface area contributed by atoms with Crippen molar-refractivity contribution in [1.82, 2.24) is 9.88 Å². The Morgan fingerprint density at radius 2 is 1.88 bits per heavy atom. The van der Waals surface area contributed by atoms with E-state index in [-0.39, 0.29) is 11.8 Å². The van der Waals surface area contributed by atoms with Gasteiger partial charge in [-0.25, -0.2) is 4.98 Å². The second-order valence-electron chi connectivity index (χ2n) is 6.04. The van der Waals surface area contributed by atoms with Crippen molar-refractivity contribution in [2.45, 2.75) is 6.92 Å². The van der Waals surface area contributed by atoms with Gasteiger partial charge >= 0.3 is 0 Å². The number of aryl methyl sites for hydroxylation is 1. The van der Waals surface area contributed by atoms with E-state index in [2.05, 4.69) is 10.3 Å². The number of rotatable bonds is 4. The SMILES string of the molecule is Cc1nc(-c2ccco2)ccc1C(=O)Nc1cccc(C(=O)N(C)C)c1. The smallest absolute Gasteiger partial charge is 0.257 e. The molecule has 0 aliphatic rings. The number of carbonyl (C=O) groups excluding carboxylic acids is 2. The van der Waals surface area contributed by atoms with Gasteiger partial charge in [0.05, 0.1) is 17.5 Å². The molecule has 0 aliphatic carbocycles. The lowest BCUT2D eigenvalue weighted by atomic mass is 10.1. The summed E-state index contributed by atoms with van der Waals surface area (Å²) in [6.07, 6.45) is 1.58. The van der Waals surface area contributed by atoms with Gasteiger partial charge in [-0.1, -0.05) is 6.07 Å². The molecule has 0 aliphatic heterocycles. The zero-order valence-corrected chi connectivity index (χ0v) is 14.8. The molecule has 0 radical (unpaired) electrons. The van der Waals surface area contributed by atoms with Crippen LogP contribution in [-0.2, 0) is 0 Å². The topological polar surface area (TPSA) is 75.4 Å². The highest BCUT2D eigenvalue weighted by atomic mass is 16.3. The monoisotopic (exact) mass is 349 g/mol. The summed E-state index contributed by atoms with van der Waals surface area (Å²) in [5.41, 5.74) is 2.79. The molecule has 0 spiro atoms. The van der Waals surface area contributed by atoms with Crippen LogP contribution in [0.3, 0.4) is 0 Å². The molecule has 3 aromatic rings. The molecule has 2 aromatic heterocycles. The number of hydrogen-bond acceptors (Lipinski definition) is 4. The standard InChI is InChI=1S/C20H19N3O3/c1-13-16(9-10-17(21-13)18-8-5-11-26-18)19(24)22-15-7-4-6-14(12-15)20(25)23(2)3/h4-12H,1-3H3,(H,22,24). The molecule has 0 atom stereocenters. The van der Waals surface area contributed by atoms with Crippen LogP contribution < -0.4 is 5.32 Å². The first-order chi connectivity index (χ1) is 12.5. The molecule has 26 heavy (non-hydrogen) atoms. The quantitative estimate of drug-likeness (QED) is 0.781. The molecule has 0 fully saturated rings. The minimum atomic E-state index is -0.282. The Balaban J connectivity index is 1.80. The zero-order valence-electron chi connectivity index (χ0n) is 14.8. The number of nitrogens with one attached hydrogen (secondary N) is 1. The number of aromatic nitrogens is 1. The van der Waals surface area contributed by atoms with Crippen molar-refractivity contribution in [3.8, 4) is 11.5 Å². The van der Waals surface area contributed by atoms with E-state index in [0.717, 1.165) is 0 Å². The van der Waals surface area contributed by atoms with Gasteiger partial charge < -0.3 is 14.6 Å². The molecule has 6 heteroatoms. The second kappa shape index (κ2) is 7.23. The molecule has 2 amide bonds. The summed E-state index contributed by atoms with van der Waals surface area (Å²) in [5.74, 6) is 0.243. The number of hydrogen-bond donors (Lipinski definition) is 1. The molecule has 0 bridgehead atoms. The van der Waals surface area contributed by atoms with Crippen molar-refractivity contribution < 1.29 is 14.0 Å². The molecule has 132 valence electrons. The van der Waals surface area contributed by atoms with Crippen LogP contribution in [0.5, 0.6) is 0 Å². The predicted molar refractivity (Wildman–Crippen MR) is 99.1 cm³/mol. The summed E-state index contributed by atoms with van der Waals surface area (Å²) in [6, 6.07) is 13.9. The highest BCUT2D eigenvalue weighted by Crippen LogP contribution is 2.20. The number of pyridine rings is 1. The molecule has 0 saturated heterocycles. The highest BCUT2D eigenvalue weighted by molar-refractivity contribution is 6.05. The summed E-state index contributed by atoms with van der Waals surface area (Å²) in [6.45, 7) is 1.77. The zero-order chi connectivity index (χ0) is 18.7. The lowest BCUT2D eigenvalue weighted by Crippen LogP contribution is -2.22. The van der Waals surface area contributed by atoms with Gasteiger partial charge in [-0.15, -0.1) is 0 Å². The largest absolute Gasteiger partial charge is 0.463 e. The van der Waals surface area contributed by atoms with E-state index in [1.165, 1.54) is 4.90 Å². The van der Waals surface area contributed by atoms with Crippen LogP contribution in [0.4, 0.5) is 5.69 Å². The van der Waals surface area contributed by atoms with Gasteiger partial charge in [-0.05, 0) is 49.4 Å². The van der Waals surface area contributed by atoms with Gasteiger partial charge in [0.25, 0.3) is 11.8 Å². The van der Waals surface area contributed by atoms with Gasteiger partial charge in [0.1, 0.15) is 5.69 Å².